The van der Waals surface area contributed by atoms with Gasteiger partial charge in [-0.05, 0) is 12.8 Å². The Kier molecular flexibility index (Phi) is 6.51. The van der Waals surface area contributed by atoms with Crippen molar-refractivity contribution in [3.05, 3.63) is 0 Å². The lowest BCUT2D eigenvalue weighted by Gasteiger charge is -2.27. The van der Waals surface area contributed by atoms with Crippen molar-refractivity contribution in [3.63, 3.8) is 0 Å². The monoisotopic (exact) mass is 279 g/mol. The molecule has 7 heteroatoms. The summed E-state index contributed by atoms with van der Waals surface area (Å²) >= 11 is 0. The predicted molar refractivity (Wildman–Crippen MR) is 71.4 cm³/mol. The Balaban J connectivity index is 2.60. The molecule has 0 saturated carbocycles. The van der Waals surface area contributed by atoms with Crippen molar-refractivity contribution in [1.29, 1.82) is 0 Å². The Morgan fingerprint density at radius 1 is 1.28 bits per heavy atom. The molecule has 1 atom stereocenters. The van der Waals surface area contributed by atoms with Crippen LogP contribution in [-0.4, -0.2) is 63.5 Å². The molecule has 0 amide bonds. The van der Waals surface area contributed by atoms with Gasteiger partial charge in [0.1, 0.15) is 0 Å². The van der Waals surface area contributed by atoms with Gasteiger partial charge in [0.05, 0.1) is 6.61 Å². The van der Waals surface area contributed by atoms with Gasteiger partial charge < -0.3 is 10.5 Å². The van der Waals surface area contributed by atoms with Crippen LogP contribution in [0.5, 0.6) is 0 Å². The number of hydrogen-bond donors (Lipinski definition) is 1. The molecule has 0 radical (unpaired) electrons. The fourth-order valence-corrected chi connectivity index (χ4v) is 3.65. The van der Waals surface area contributed by atoms with Crippen LogP contribution in [-0.2, 0) is 14.9 Å². The van der Waals surface area contributed by atoms with Crippen LogP contribution in [0, 0.1) is 0 Å². The Morgan fingerprint density at radius 3 is 2.33 bits per heavy atom. The van der Waals surface area contributed by atoms with Crippen LogP contribution in [0.25, 0.3) is 0 Å². The molecule has 0 spiro atoms. The maximum Gasteiger partial charge on any atom is 0.281 e. The summed E-state index contributed by atoms with van der Waals surface area (Å²) in [6, 6.07) is -0.290. The molecular formula is C11H25N3O3S. The molecule has 18 heavy (non-hydrogen) atoms. The minimum Gasteiger partial charge on any atom is -0.383 e. The van der Waals surface area contributed by atoms with Gasteiger partial charge in [-0.3, -0.25) is 0 Å². The molecule has 0 aliphatic carbocycles. The lowest BCUT2D eigenvalue weighted by molar-refractivity contribution is 0.172. The normalized spacial score (nSPS) is 20.9. The van der Waals surface area contributed by atoms with Gasteiger partial charge in [0, 0.05) is 39.8 Å². The first-order chi connectivity index (χ1) is 8.48. The third-order valence-corrected chi connectivity index (χ3v) is 5.11. The first-order valence-corrected chi connectivity index (χ1v) is 7.84. The third kappa shape index (κ3) is 4.47. The van der Waals surface area contributed by atoms with Crippen molar-refractivity contribution in [2.75, 3.05) is 40.4 Å². The molecule has 1 heterocycles. The molecule has 1 aliphatic heterocycles. The van der Waals surface area contributed by atoms with E-state index in [1.54, 1.807) is 18.5 Å². The fraction of sp³-hybridized carbons (Fsp3) is 1.00. The average molecular weight is 279 g/mol. The fourth-order valence-electron chi connectivity index (χ4n) is 2.16. The van der Waals surface area contributed by atoms with Crippen LogP contribution >= 0.6 is 0 Å². The molecule has 0 aromatic carbocycles. The van der Waals surface area contributed by atoms with E-state index in [1.165, 1.54) is 4.31 Å². The molecule has 0 aromatic rings. The highest BCUT2D eigenvalue weighted by atomic mass is 32.2. The molecular weight excluding hydrogens is 254 g/mol. The number of methoxy groups -OCH3 is 1. The van der Waals surface area contributed by atoms with Crippen molar-refractivity contribution in [2.45, 2.75) is 31.7 Å². The summed E-state index contributed by atoms with van der Waals surface area (Å²) in [6.45, 7) is 1.88. The van der Waals surface area contributed by atoms with Gasteiger partial charge in [0.15, 0.2) is 0 Å². The second kappa shape index (κ2) is 7.40. The summed E-state index contributed by atoms with van der Waals surface area (Å²) < 4.78 is 32.5. The summed E-state index contributed by atoms with van der Waals surface area (Å²) in [7, 11) is -0.230. The zero-order valence-electron chi connectivity index (χ0n) is 11.3. The molecule has 0 bridgehead atoms. The highest BCUT2D eigenvalue weighted by molar-refractivity contribution is 7.86. The number of nitrogens with zero attached hydrogens (tertiary/aromatic N) is 2. The summed E-state index contributed by atoms with van der Waals surface area (Å²) in [5, 5.41) is 0. The molecule has 2 N–H and O–H groups in total. The van der Waals surface area contributed by atoms with Crippen LogP contribution in [0.15, 0.2) is 0 Å². The van der Waals surface area contributed by atoms with E-state index in [9.17, 15) is 8.42 Å². The van der Waals surface area contributed by atoms with E-state index in [1.807, 2.05) is 0 Å². The minimum absolute atomic E-state index is 0.284. The van der Waals surface area contributed by atoms with Crippen molar-refractivity contribution in [2.24, 2.45) is 5.73 Å². The van der Waals surface area contributed by atoms with Crippen LogP contribution in [0.4, 0.5) is 0 Å². The molecule has 1 fully saturated rings. The maximum absolute atomic E-state index is 12.3. The number of hydrogen-bond acceptors (Lipinski definition) is 4. The third-order valence-electron chi connectivity index (χ3n) is 3.16. The van der Waals surface area contributed by atoms with E-state index < -0.39 is 10.2 Å². The minimum atomic E-state index is -3.37. The number of nitrogens with two attached hydrogens (primary N) is 1. The first-order valence-electron chi connectivity index (χ1n) is 6.44. The van der Waals surface area contributed by atoms with Crippen LogP contribution in [0.2, 0.25) is 0 Å². The van der Waals surface area contributed by atoms with Crippen molar-refractivity contribution in [3.8, 4) is 0 Å². The average Bonchev–Trinajstić information content (AvgIpc) is 2.57. The molecule has 1 unspecified atom stereocenters. The van der Waals surface area contributed by atoms with E-state index in [4.69, 9.17) is 10.5 Å². The number of ether oxygens (including phenoxy) is 1. The summed E-state index contributed by atoms with van der Waals surface area (Å²) in [5.74, 6) is 0. The van der Waals surface area contributed by atoms with Crippen molar-refractivity contribution >= 4 is 10.2 Å². The molecule has 6 nitrogen and oxygen atoms in total. The SMILES string of the molecule is COCC(N)CN(C)S(=O)(=O)N1CCCCCC1. The van der Waals surface area contributed by atoms with Gasteiger partial charge in [-0.15, -0.1) is 0 Å². The summed E-state index contributed by atoms with van der Waals surface area (Å²) in [6.07, 6.45) is 4.10. The topological polar surface area (TPSA) is 75.9 Å². The second-order valence-electron chi connectivity index (χ2n) is 4.82. The largest absolute Gasteiger partial charge is 0.383 e. The van der Waals surface area contributed by atoms with Gasteiger partial charge in [-0.25, -0.2) is 0 Å². The van der Waals surface area contributed by atoms with Gasteiger partial charge in [-0.1, -0.05) is 12.8 Å². The predicted octanol–water partition coefficient (Wildman–Crippen LogP) is 0.0127. The standard InChI is InChI=1S/C11H25N3O3S/c1-13(9-11(12)10-17-2)18(15,16)14-7-5-3-4-6-8-14/h11H,3-10,12H2,1-2H3. The lowest BCUT2D eigenvalue weighted by atomic mass is 10.2. The summed E-state index contributed by atoms with van der Waals surface area (Å²) in [4.78, 5) is 0. The molecule has 108 valence electrons. The maximum atomic E-state index is 12.3. The van der Waals surface area contributed by atoms with E-state index in [0.717, 1.165) is 25.7 Å². The van der Waals surface area contributed by atoms with E-state index in [0.29, 0.717) is 19.7 Å². The van der Waals surface area contributed by atoms with Crippen molar-refractivity contribution in [1.82, 2.24) is 8.61 Å². The highest BCUT2D eigenvalue weighted by Crippen LogP contribution is 2.15. The van der Waals surface area contributed by atoms with Gasteiger partial charge >= 0.3 is 0 Å². The molecule has 1 rings (SSSR count). The Morgan fingerprint density at radius 2 is 1.83 bits per heavy atom. The molecule has 0 aromatic heterocycles. The summed E-state index contributed by atoms with van der Waals surface area (Å²) in [5.41, 5.74) is 5.79. The lowest BCUT2D eigenvalue weighted by Crippen LogP contribution is -2.47. The van der Waals surface area contributed by atoms with Crippen LogP contribution < -0.4 is 5.73 Å². The first kappa shape index (κ1) is 15.8. The second-order valence-corrected chi connectivity index (χ2v) is 6.85. The molecule has 1 aliphatic rings. The zero-order valence-corrected chi connectivity index (χ0v) is 12.2. The number of likely N-dealkylation sites (N-methyl/N-ethyl adjacent to an activating group) is 1. The van der Waals surface area contributed by atoms with Gasteiger partial charge in [0.25, 0.3) is 10.2 Å². The van der Waals surface area contributed by atoms with Crippen LogP contribution in [0.1, 0.15) is 25.7 Å². The van der Waals surface area contributed by atoms with E-state index in [2.05, 4.69) is 0 Å². The Hall–Kier alpha value is -0.210. The molecule has 1 saturated heterocycles. The van der Waals surface area contributed by atoms with Crippen LogP contribution in [0.3, 0.4) is 0 Å². The van der Waals surface area contributed by atoms with Gasteiger partial charge in [0.2, 0.25) is 0 Å². The van der Waals surface area contributed by atoms with Crippen molar-refractivity contribution < 1.29 is 13.2 Å². The number of rotatable bonds is 6. The van der Waals surface area contributed by atoms with E-state index in [-0.39, 0.29) is 12.6 Å². The van der Waals surface area contributed by atoms with Gasteiger partial charge in [-0.2, -0.15) is 17.0 Å². The Bertz CT molecular complexity index is 326. The van der Waals surface area contributed by atoms with E-state index >= 15 is 0 Å². The Labute approximate surface area is 110 Å². The highest BCUT2D eigenvalue weighted by Gasteiger charge is 2.28. The quantitative estimate of drug-likeness (QED) is 0.743. The smallest absolute Gasteiger partial charge is 0.281 e. The zero-order chi connectivity index (χ0) is 13.6.